The van der Waals surface area contributed by atoms with Crippen molar-refractivity contribution in [2.24, 2.45) is 0 Å². The van der Waals surface area contributed by atoms with Gasteiger partial charge in [0.05, 0.1) is 24.0 Å². The van der Waals surface area contributed by atoms with E-state index < -0.39 is 5.25 Å². The van der Waals surface area contributed by atoms with Gasteiger partial charge in [-0.05, 0) is 49.7 Å². The largest absolute Gasteiger partial charge is 0.496 e. The summed E-state index contributed by atoms with van der Waals surface area (Å²) in [5.41, 5.74) is 1.51. The molecule has 2 aromatic carbocycles. The first-order valence-corrected chi connectivity index (χ1v) is 10.1. The number of methoxy groups -OCH3 is 1. The van der Waals surface area contributed by atoms with Gasteiger partial charge in [0.2, 0.25) is 11.1 Å². The fraction of sp³-hybridized carbons (Fsp3) is 0.250. The number of carbonyl (C=O) groups excluding carboxylic acids is 1. The first-order valence-electron chi connectivity index (χ1n) is 8.86. The Bertz CT molecular complexity index is 996. The first-order chi connectivity index (χ1) is 13.9. The molecule has 6 nitrogen and oxygen atoms in total. The number of thioether (sulfide) groups is 1. The molecule has 2 N–H and O–H groups in total. The molecular weight excluding hydrogens is 415 g/mol. The number of amides is 1. The molecule has 3 aromatic rings. The highest BCUT2D eigenvalue weighted by Gasteiger charge is 2.20. The maximum absolute atomic E-state index is 13.1. The third-order valence-corrected chi connectivity index (χ3v) is 5.46. The van der Waals surface area contributed by atoms with Gasteiger partial charge in [0, 0.05) is 5.02 Å². The summed E-state index contributed by atoms with van der Waals surface area (Å²) in [6.07, 6.45) is 0. The van der Waals surface area contributed by atoms with Crippen LogP contribution in [0.4, 0.5) is 4.39 Å². The fourth-order valence-corrected chi connectivity index (χ4v) is 3.57. The summed E-state index contributed by atoms with van der Waals surface area (Å²) in [5, 5.41) is 10.5. The first kappa shape index (κ1) is 21.1. The van der Waals surface area contributed by atoms with Crippen molar-refractivity contribution in [3.63, 3.8) is 0 Å². The molecule has 152 valence electrons. The van der Waals surface area contributed by atoms with Crippen LogP contribution in [0.1, 0.15) is 25.5 Å². The second-order valence-electron chi connectivity index (χ2n) is 6.35. The van der Waals surface area contributed by atoms with Crippen molar-refractivity contribution in [2.75, 3.05) is 7.11 Å². The molecular formula is C20H20ClFN4O2S. The third kappa shape index (κ3) is 5.27. The number of aromatic amines is 1. The Kier molecular flexibility index (Phi) is 6.76. The van der Waals surface area contributed by atoms with Gasteiger partial charge < -0.3 is 10.1 Å². The quantitative estimate of drug-likeness (QED) is 0.530. The van der Waals surface area contributed by atoms with Crippen LogP contribution in [0.5, 0.6) is 5.75 Å². The molecule has 1 heterocycles. The Morgan fingerprint density at radius 3 is 2.66 bits per heavy atom. The number of nitrogens with one attached hydrogen (secondary N) is 2. The van der Waals surface area contributed by atoms with Crippen LogP contribution < -0.4 is 10.1 Å². The summed E-state index contributed by atoms with van der Waals surface area (Å²) in [4.78, 5) is 16.9. The Morgan fingerprint density at radius 1 is 1.24 bits per heavy atom. The van der Waals surface area contributed by atoms with Crippen molar-refractivity contribution in [1.29, 1.82) is 0 Å². The Labute approximate surface area is 177 Å². The lowest BCUT2D eigenvalue weighted by Gasteiger charge is -2.17. The molecule has 0 saturated heterocycles. The number of H-pyrrole nitrogens is 1. The van der Waals surface area contributed by atoms with Crippen molar-refractivity contribution in [3.8, 4) is 17.1 Å². The third-order valence-electron chi connectivity index (χ3n) is 4.26. The monoisotopic (exact) mass is 434 g/mol. The minimum atomic E-state index is -0.428. The molecule has 1 amide bonds. The van der Waals surface area contributed by atoms with Gasteiger partial charge in [-0.1, -0.05) is 35.5 Å². The lowest BCUT2D eigenvalue weighted by Crippen LogP contribution is -2.33. The van der Waals surface area contributed by atoms with Gasteiger partial charge in [-0.3, -0.25) is 9.89 Å². The molecule has 0 fully saturated rings. The second-order valence-corrected chi connectivity index (χ2v) is 8.10. The molecule has 2 atom stereocenters. The fourth-order valence-electron chi connectivity index (χ4n) is 2.66. The number of aromatic nitrogens is 3. The Morgan fingerprint density at radius 2 is 1.97 bits per heavy atom. The number of hydrogen-bond acceptors (Lipinski definition) is 5. The summed E-state index contributed by atoms with van der Waals surface area (Å²) >= 11 is 7.29. The summed E-state index contributed by atoms with van der Waals surface area (Å²) in [6, 6.07) is 11.0. The molecule has 0 bridgehead atoms. The van der Waals surface area contributed by atoms with Crippen molar-refractivity contribution >= 4 is 29.3 Å². The van der Waals surface area contributed by atoms with E-state index in [4.69, 9.17) is 16.3 Å². The molecule has 0 radical (unpaired) electrons. The van der Waals surface area contributed by atoms with Crippen LogP contribution in [0, 0.1) is 5.82 Å². The Hall–Kier alpha value is -2.58. The van der Waals surface area contributed by atoms with Gasteiger partial charge in [0.15, 0.2) is 5.82 Å². The van der Waals surface area contributed by atoms with E-state index in [2.05, 4.69) is 20.5 Å². The van der Waals surface area contributed by atoms with Crippen molar-refractivity contribution < 1.29 is 13.9 Å². The molecule has 29 heavy (non-hydrogen) atoms. The van der Waals surface area contributed by atoms with Crippen molar-refractivity contribution in [2.45, 2.75) is 30.3 Å². The van der Waals surface area contributed by atoms with Crippen LogP contribution in [0.15, 0.2) is 47.6 Å². The maximum atomic E-state index is 13.1. The van der Waals surface area contributed by atoms with Crippen LogP contribution in [0.3, 0.4) is 0 Å². The molecule has 0 aliphatic heterocycles. The van der Waals surface area contributed by atoms with E-state index in [-0.39, 0.29) is 17.8 Å². The molecule has 9 heteroatoms. The lowest BCUT2D eigenvalue weighted by atomic mass is 10.1. The zero-order chi connectivity index (χ0) is 21.0. The highest BCUT2D eigenvalue weighted by Crippen LogP contribution is 2.31. The van der Waals surface area contributed by atoms with Crippen LogP contribution in [0.25, 0.3) is 11.4 Å². The smallest absolute Gasteiger partial charge is 0.233 e. The number of halogens is 2. The minimum absolute atomic E-state index is 0.168. The SMILES string of the molecule is COc1ccc(Cl)cc1-c1nc(S[C@@H](C)C(=O)N[C@@H](C)c2ccc(F)cc2)n[nH]1. The number of benzene rings is 2. The average molecular weight is 435 g/mol. The van der Waals surface area contributed by atoms with Crippen LogP contribution in [0.2, 0.25) is 5.02 Å². The second kappa shape index (κ2) is 9.28. The number of hydrogen-bond donors (Lipinski definition) is 2. The molecule has 1 aromatic heterocycles. The summed E-state index contributed by atoms with van der Waals surface area (Å²) in [5.74, 6) is 0.631. The molecule has 0 spiro atoms. The standard InChI is InChI=1S/C20H20ClFN4O2S/c1-11(13-4-7-15(22)8-5-13)23-19(27)12(2)29-20-24-18(25-26-20)16-10-14(21)6-9-17(16)28-3/h4-12H,1-3H3,(H,23,27)(H,24,25,26)/t11-,12-/m0/s1. The Balaban J connectivity index is 1.65. The summed E-state index contributed by atoms with van der Waals surface area (Å²) in [7, 11) is 1.56. The predicted molar refractivity (Wildman–Crippen MR) is 112 cm³/mol. The molecule has 3 rings (SSSR count). The van der Waals surface area contributed by atoms with Crippen LogP contribution in [-0.2, 0) is 4.79 Å². The van der Waals surface area contributed by atoms with E-state index in [1.165, 1.54) is 23.9 Å². The topological polar surface area (TPSA) is 79.9 Å². The summed E-state index contributed by atoms with van der Waals surface area (Å²) < 4.78 is 18.4. The van der Waals surface area contributed by atoms with Gasteiger partial charge >= 0.3 is 0 Å². The van der Waals surface area contributed by atoms with Crippen molar-refractivity contribution in [3.05, 3.63) is 58.9 Å². The van der Waals surface area contributed by atoms with Crippen molar-refractivity contribution in [1.82, 2.24) is 20.5 Å². The highest BCUT2D eigenvalue weighted by molar-refractivity contribution is 8.00. The van der Waals surface area contributed by atoms with Gasteiger partial charge in [-0.25, -0.2) is 9.37 Å². The van der Waals surface area contributed by atoms with Gasteiger partial charge in [-0.2, -0.15) is 0 Å². The highest BCUT2D eigenvalue weighted by atomic mass is 35.5. The van der Waals surface area contributed by atoms with Crippen LogP contribution >= 0.6 is 23.4 Å². The van der Waals surface area contributed by atoms with E-state index >= 15 is 0 Å². The van der Waals surface area contributed by atoms with E-state index in [9.17, 15) is 9.18 Å². The van der Waals surface area contributed by atoms with E-state index in [0.717, 1.165) is 5.56 Å². The van der Waals surface area contributed by atoms with E-state index in [1.807, 2.05) is 6.92 Å². The minimum Gasteiger partial charge on any atom is -0.496 e. The van der Waals surface area contributed by atoms with Gasteiger partial charge in [0.25, 0.3) is 0 Å². The predicted octanol–water partition coefficient (Wildman–Crippen LogP) is 4.63. The number of rotatable bonds is 7. The average Bonchev–Trinajstić information content (AvgIpc) is 3.16. The normalized spacial score (nSPS) is 13.0. The van der Waals surface area contributed by atoms with Gasteiger partial charge in [-0.15, -0.1) is 5.10 Å². The van der Waals surface area contributed by atoms with E-state index in [1.54, 1.807) is 44.4 Å². The number of ether oxygens (including phenoxy) is 1. The number of carbonyl (C=O) groups is 1. The van der Waals surface area contributed by atoms with Gasteiger partial charge in [0.1, 0.15) is 11.6 Å². The maximum Gasteiger partial charge on any atom is 0.233 e. The van der Waals surface area contributed by atoms with E-state index in [0.29, 0.717) is 27.3 Å². The molecule has 0 saturated carbocycles. The molecule has 0 aliphatic carbocycles. The van der Waals surface area contributed by atoms with Crippen LogP contribution in [-0.4, -0.2) is 33.4 Å². The zero-order valence-electron chi connectivity index (χ0n) is 16.1. The summed E-state index contributed by atoms with van der Waals surface area (Å²) in [6.45, 7) is 3.62. The number of nitrogens with zero attached hydrogens (tertiary/aromatic N) is 2. The molecule has 0 unspecified atom stereocenters. The zero-order valence-corrected chi connectivity index (χ0v) is 17.6. The molecule has 0 aliphatic rings. The lowest BCUT2D eigenvalue weighted by molar-refractivity contribution is -0.120.